The van der Waals surface area contributed by atoms with Crippen LogP contribution in [0.25, 0.3) is 22.3 Å². The Bertz CT molecular complexity index is 811. The van der Waals surface area contributed by atoms with Crippen molar-refractivity contribution in [1.29, 1.82) is 0 Å². The second-order valence-corrected chi connectivity index (χ2v) is 5.72. The van der Waals surface area contributed by atoms with Gasteiger partial charge in [-0.3, -0.25) is 0 Å². The van der Waals surface area contributed by atoms with E-state index in [1.165, 1.54) is 0 Å². The highest BCUT2D eigenvalue weighted by molar-refractivity contribution is 5.86. The second-order valence-electron chi connectivity index (χ2n) is 5.72. The number of benzene rings is 3. The third-order valence-electron chi connectivity index (χ3n) is 4.17. The lowest BCUT2D eigenvalue weighted by Gasteiger charge is -2.18. The van der Waals surface area contributed by atoms with E-state index < -0.39 is 0 Å². The van der Waals surface area contributed by atoms with Crippen molar-refractivity contribution in [2.45, 2.75) is 0 Å². The highest BCUT2D eigenvalue weighted by Gasteiger charge is 2.18. The molecule has 0 radical (unpaired) electrons. The van der Waals surface area contributed by atoms with E-state index in [2.05, 4.69) is 0 Å². The number of nitrogens with two attached hydrogens (primary N) is 1. The Hall–Kier alpha value is -2.98. The summed E-state index contributed by atoms with van der Waals surface area (Å²) in [5.74, 6) is 2.36. The van der Waals surface area contributed by atoms with E-state index in [4.69, 9.17) is 19.9 Å². The Morgan fingerprint density at radius 3 is 1.58 bits per heavy atom. The third kappa shape index (κ3) is 3.51. The Labute approximate surface area is 154 Å². The van der Waals surface area contributed by atoms with Gasteiger partial charge in [0.25, 0.3) is 0 Å². The van der Waals surface area contributed by atoms with E-state index in [1.54, 1.807) is 14.2 Å². The van der Waals surface area contributed by atoms with E-state index in [9.17, 15) is 0 Å². The van der Waals surface area contributed by atoms with Gasteiger partial charge in [-0.05, 0) is 12.1 Å². The van der Waals surface area contributed by atoms with Crippen molar-refractivity contribution in [2.75, 3.05) is 27.4 Å². The monoisotopic (exact) mass is 349 g/mol. The molecule has 3 rings (SSSR count). The summed E-state index contributed by atoms with van der Waals surface area (Å²) in [7, 11) is 3.34. The summed E-state index contributed by atoms with van der Waals surface area (Å²) in [4.78, 5) is 0. The summed E-state index contributed by atoms with van der Waals surface area (Å²) in [6.45, 7) is 0.861. The van der Waals surface area contributed by atoms with Gasteiger partial charge in [0.2, 0.25) is 0 Å². The van der Waals surface area contributed by atoms with E-state index >= 15 is 0 Å². The van der Waals surface area contributed by atoms with Crippen molar-refractivity contribution < 1.29 is 14.2 Å². The molecule has 2 N–H and O–H groups in total. The summed E-state index contributed by atoms with van der Waals surface area (Å²) in [6, 6.07) is 21.9. The van der Waals surface area contributed by atoms with Crippen LogP contribution in [0.3, 0.4) is 0 Å². The Balaban J connectivity index is 2.23. The first kappa shape index (κ1) is 17.8. The minimum Gasteiger partial charge on any atom is -0.496 e. The number of hydrogen-bond acceptors (Lipinski definition) is 4. The lowest BCUT2D eigenvalue weighted by Crippen LogP contribution is -2.11. The molecule has 3 aromatic carbocycles. The maximum Gasteiger partial charge on any atom is 0.135 e. The average molecular weight is 349 g/mol. The van der Waals surface area contributed by atoms with Crippen LogP contribution in [0.2, 0.25) is 0 Å². The fraction of sp³-hybridized carbons (Fsp3) is 0.182. The summed E-state index contributed by atoms with van der Waals surface area (Å²) in [6.07, 6.45) is 0. The van der Waals surface area contributed by atoms with Gasteiger partial charge in [-0.25, -0.2) is 0 Å². The van der Waals surface area contributed by atoms with Crippen LogP contribution in [0.5, 0.6) is 17.2 Å². The van der Waals surface area contributed by atoms with Gasteiger partial charge in [0, 0.05) is 28.8 Å². The zero-order valence-electron chi connectivity index (χ0n) is 15.1. The average Bonchev–Trinajstić information content (AvgIpc) is 2.71. The van der Waals surface area contributed by atoms with Gasteiger partial charge >= 0.3 is 0 Å². The molecule has 0 aromatic heterocycles. The molecular weight excluding hydrogens is 326 g/mol. The summed E-state index contributed by atoms with van der Waals surface area (Å²) in [5, 5.41) is 0. The summed E-state index contributed by atoms with van der Waals surface area (Å²) >= 11 is 0. The van der Waals surface area contributed by atoms with Gasteiger partial charge in [-0.2, -0.15) is 0 Å². The van der Waals surface area contributed by atoms with E-state index in [-0.39, 0.29) is 0 Å². The molecule has 0 saturated heterocycles. The molecule has 3 aromatic rings. The SMILES string of the molecule is COc1ccccc1-c1cccc(-c2ccccc2OC)c1OCCN. The zero-order chi connectivity index (χ0) is 18.4. The van der Waals surface area contributed by atoms with Crippen LogP contribution in [0.4, 0.5) is 0 Å². The fourth-order valence-electron chi connectivity index (χ4n) is 3.01. The predicted octanol–water partition coefficient (Wildman–Crippen LogP) is 4.38. The van der Waals surface area contributed by atoms with Gasteiger partial charge in [0.1, 0.15) is 23.9 Å². The molecular formula is C22H23NO3. The van der Waals surface area contributed by atoms with E-state index in [0.29, 0.717) is 13.2 Å². The number of methoxy groups -OCH3 is 2. The maximum absolute atomic E-state index is 6.09. The third-order valence-corrected chi connectivity index (χ3v) is 4.17. The van der Waals surface area contributed by atoms with Crippen molar-refractivity contribution >= 4 is 0 Å². The van der Waals surface area contributed by atoms with Crippen molar-refractivity contribution in [2.24, 2.45) is 5.73 Å². The van der Waals surface area contributed by atoms with Crippen molar-refractivity contribution in [3.05, 3.63) is 66.7 Å². The van der Waals surface area contributed by atoms with Gasteiger partial charge in [-0.1, -0.05) is 54.6 Å². The largest absolute Gasteiger partial charge is 0.496 e. The molecule has 0 fully saturated rings. The first-order valence-electron chi connectivity index (χ1n) is 8.52. The Kier molecular flexibility index (Phi) is 5.77. The minimum atomic E-state index is 0.425. The van der Waals surface area contributed by atoms with Crippen LogP contribution in [0.1, 0.15) is 0 Å². The van der Waals surface area contributed by atoms with Crippen molar-refractivity contribution in [1.82, 2.24) is 0 Å². The van der Waals surface area contributed by atoms with Crippen molar-refractivity contribution in [3.8, 4) is 39.5 Å². The predicted molar refractivity (Wildman–Crippen MR) is 105 cm³/mol. The molecule has 0 bridgehead atoms. The number of ether oxygens (including phenoxy) is 3. The molecule has 0 unspecified atom stereocenters. The molecule has 0 amide bonds. The minimum absolute atomic E-state index is 0.425. The van der Waals surface area contributed by atoms with Gasteiger partial charge < -0.3 is 19.9 Å². The number of rotatable bonds is 7. The topological polar surface area (TPSA) is 53.7 Å². The Morgan fingerprint density at radius 2 is 1.12 bits per heavy atom. The number of hydrogen-bond donors (Lipinski definition) is 1. The highest BCUT2D eigenvalue weighted by atomic mass is 16.5. The zero-order valence-corrected chi connectivity index (χ0v) is 15.1. The summed E-state index contributed by atoms with van der Waals surface area (Å²) in [5.41, 5.74) is 9.55. The van der Waals surface area contributed by atoms with E-state index in [0.717, 1.165) is 39.5 Å². The molecule has 0 saturated carbocycles. The van der Waals surface area contributed by atoms with Crippen LogP contribution in [0.15, 0.2) is 66.7 Å². The molecule has 0 aliphatic rings. The van der Waals surface area contributed by atoms with Gasteiger partial charge in [0.15, 0.2) is 0 Å². The second kappa shape index (κ2) is 8.41. The smallest absolute Gasteiger partial charge is 0.135 e. The van der Waals surface area contributed by atoms with E-state index in [1.807, 2.05) is 66.7 Å². The molecule has 26 heavy (non-hydrogen) atoms. The van der Waals surface area contributed by atoms with Crippen LogP contribution in [-0.2, 0) is 0 Å². The quantitative estimate of drug-likeness (QED) is 0.688. The molecule has 0 heterocycles. The van der Waals surface area contributed by atoms with Crippen molar-refractivity contribution in [3.63, 3.8) is 0 Å². The normalized spacial score (nSPS) is 10.4. The van der Waals surface area contributed by atoms with Gasteiger partial charge in [0.05, 0.1) is 14.2 Å². The lowest BCUT2D eigenvalue weighted by molar-refractivity contribution is 0.330. The molecule has 0 aliphatic heterocycles. The maximum atomic E-state index is 6.09. The molecule has 4 nitrogen and oxygen atoms in total. The molecule has 0 spiro atoms. The van der Waals surface area contributed by atoms with Crippen LogP contribution in [-0.4, -0.2) is 27.4 Å². The first-order valence-corrected chi connectivity index (χ1v) is 8.52. The van der Waals surface area contributed by atoms with Crippen LogP contribution < -0.4 is 19.9 Å². The fourth-order valence-corrected chi connectivity index (χ4v) is 3.01. The highest BCUT2D eigenvalue weighted by Crippen LogP contribution is 2.44. The molecule has 0 aliphatic carbocycles. The molecule has 134 valence electrons. The molecule has 4 heteroatoms. The molecule has 0 atom stereocenters. The van der Waals surface area contributed by atoms with Crippen LogP contribution in [0, 0.1) is 0 Å². The lowest BCUT2D eigenvalue weighted by atomic mass is 9.96. The Morgan fingerprint density at radius 1 is 0.654 bits per heavy atom. The first-order chi connectivity index (χ1) is 12.8. The standard InChI is InChI=1S/C22H23NO3/c1-24-20-12-5-3-8-16(20)18-10-7-11-19(22(18)26-15-14-23)17-9-4-6-13-21(17)25-2/h3-13H,14-15,23H2,1-2H3. The van der Waals surface area contributed by atoms with Gasteiger partial charge in [-0.15, -0.1) is 0 Å². The summed E-state index contributed by atoms with van der Waals surface area (Å²) < 4.78 is 17.2. The van der Waals surface area contributed by atoms with Crippen LogP contribution >= 0.6 is 0 Å². The number of para-hydroxylation sites is 3.